The molecule has 0 fully saturated rings. The zero-order valence-corrected chi connectivity index (χ0v) is 17.4. The molecule has 1 heterocycles. The molecule has 0 atom stereocenters. The molecule has 0 unspecified atom stereocenters. The normalized spacial score (nSPS) is 11.0. The molecule has 2 aromatic carbocycles. The Kier molecular flexibility index (Phi) is 6.74. The first kappa shape index (κ1) is 21.4. The molecule has 0 spiro atoms. The van der Waals surface area contributed by atoms with Crippen LogP contribution in [0.15, 0.2) is 47.0 Å². The molecular weight excluding hydrogens is 411 g/mol. The monoisotopic (exact) mass is 430 g/mol. The van der Waals surface area contributed by atoms with Crippen LogP contribution in [-0.2, 0) is 11.4 Å². The number of halogens is 2. The minimum atomic E-state index is -0.475. The van der Waals surface area contributed by atoms with E-state index >= 15 is 0 Å². The largest absolute Gasteiger partial charge is 0.493 e. The van der Waals surface area contributed by atoms with Crippen molar-refractivity contribution >= 4 is 29.3 Å². The van der Waals surface area contributed by atoms with Gasteiger partial charge in [-0.15, -0.1) is 0 Å². The Bertz CT molecular complexity index is 1080. The average Bonchev–Trinajstić information content (AvgIpc) is 3.04. The van der Waals surface area contributed by atoms with Crippen molar-refractivity contribution in [3.63, 3.8) is 0 Å². The average molecular weight is 431 g/mol. The third kappa shape index (κ3) is 5.18. The second kappa shape index (κ2) is 9.45. The maximum atomic E-state index is 13.1. The fourth-order valence-electron chi connectivity index (χ4n) is 2.70. The van der Waals surface area contributed by atoms with Gasteiger partial charge in [0.15, 0.2) is 11.5 Å². The van der Waals surface area contributed by atoms with Gasteiger partial charge in [0.25, 0.3) is 0 Å². The molecule has 0 radical (unpaired) electrons. The smallest absolute Gasteiger partial charge is 0.248 e. The molecule has 8 heteroatoms. The van der Waals surface area contributed by atoms with Crippen LogP contribution >= 0.6 is 11.6 Å². The van der Waals surface area contributed by atoms with Gasteiger partial charge >= 0.3 is 0 Å². The van der Waals surface area contributed by atoms with Crippen molar-refractivity contribution in [2.45, 2.75) is 20.5 Å². The van der Waals surface area contributed by atoms with E-state index in [4.69, 9.17) is 25.6 Å². The Balaban J connectivity index is 1.67. The van der Waals surface area contributed by atoms with Crippen molar-refractivity contribution in [2.24, 2.45) is 0 Å². The van der Waals surface area contributed by atoms with E-state index in [1.54, 1.807) is 24.3 Å². The molecule has 1 aromatic heterocycles. The summed E-state index contributed by atoms with van der Waals surface area (Å²) in [6.07, 6.45) is 2.96. The van der Waals surface area contributed by atoms with Crippen LogP contribution in [-0.4, -0.2) is 18.2 Å². The molecule has 6 nitrogen and oxygen atoms in total. The van der Waals surface area contributed by atoms with Gasteiger partial charge in [0.2, 0.25) is 5.91 Å². The molecular formula is C22H20ClFN2O4. The second-order valence-electron chi connectivity index (χ2n) is 6.45. The Hall–Kier alpha value is -3.32. The van der Waals surface area contributed by atoms with Crippen molar-refractivity contribution in [2.75, 3.05) is 12.4 Å². The number of aromatic nitrogens is 1. The van der Waals surface area contributed by atoms with Gasteiger partial charge in [-0.25, -0.2) is 4.39 Å². The number of nitrogens with zero attached hydrogens (tertiary/aromatic N) is 1. The van der Waals surface area contributed by atoms with E-state index in [1.165, 1.54) is 25.3 Å². The third-order valence-electron chi connectivity index (χ3n) is 4.36. The topological polar surface area (TPSA) is 73.6 Å². The van der Waals surface area contributed by atoms with E-state index < -0.39 is 11.7 Å². The Morgan fingerprint density at radius 3 is 2.70 bits per heavy atom. The summed E-state index contributed by atoms with van der Waals surface area (Å²) >= 11 is 5.91. The number of benzene rings is 2. The number of aryl methyl sites for hydroxylation is 2. The summed E-state index contributed by atoms with van der Waals surface area (Å²) in [5, 5.41) is 6.63. The minimum absolute atomic E-state index is 0.123. The van der Waals surface area contributed by atoms with Crippen LogP contribution in [0.1, 0.15) is 22.6 Å². The fraction of sp³-hybridized carbons (Fsp3) is 0.182. The van der Waals surface area contributed by atoms with Gasteiger partial charge in [-0.1, -0.05) is 22.8 Å². The molecule has 0 saturated carbocycles. The van der Waals surface area contributed by atoms with Gasteiger partial charge in [-0.05, 0) is 55.8 Å². The Morgan fingerprint density at radius 1 is 1.23 bits per heavy atom. The van der Waals surface area contributed by atoms with Gasteiger partial charge in [0.1, 0.15) is 18.2 Å². The highest BCUT2D eigenvalue weighted by Crippen LogP contribution is 2.30. The van der Waals surface area contributed by atoms with E-state index in [2.05, 4.69) is 10.5 Å². The van der Waals surface area contributed by atoms with E-state index in [9.17, 15) is 9.18 Å². The standard InChI is InChI=1S/C22H20ClFN2O4/c1-13-17(14(2)30-26-13)12-29-20-8-4-15(10-21(20)28-3)5-9-22(27)25-19-7-6-16(24)11-18(19)23/h4-11H,12H2,1-3H3,(H,25,27)/b9-5+. The quantitative estimate of drug-likeness (QED) is 0.513. The lowest BCUT2D eigenvalue weighted by Crippen LogP contribution is -2.08. The van der Waals surface area contributed by atoms with Crippen molar-refractivity contribution in [3.05, 3.63) is 75.9 Å². The first-order valence-electron chi connectivity index (χ1n) is 9.04. The highest BCUT2D eigenvalue weighted by atomic mass is 35.5. The Labute approximate surface area is 178 Å². The number of rotatable bonds is 7. The van der Waals surface area contributed by atoms with Gasteiger partial charge in [0, 0.05) is 6.08 Å². The van der Waals surface area contributed by atoms with Crippen LogP contribution in [0.3, 0.4) is 0 Å². The zero-order chi connectivity index (χ0) is 21.7. The first-order chi connectivity index (χ1) is 14.4. The molecule has 3 aromatic rings. The van der Waals surface area contributed by atoms with Crippen LogP contribution in [0.4, 0.5) is 10.1 Å². The number of anilines is 1. The van der Waals surface area contributed by atoms with Gasteiger partial charge in [-0.2, -0.15) is 0 Å². The molecule has 0 aliphatic heterocycles. The fourth-order valence-corrected chi connectivity index (χ4v) is 2.92. The lowest BCUT2D eigenvalue weighted by Gasteiger charge is -2.11. The second-order valence-corrected chi connectivity index (χ2v) is 6.86. The van der Waals surface area contributed by atoms with Crippen LogP contribution < -0.4 is 14.8 Å². The number of carbonyl (C=O) groups excluding carboxylic acids is 1. The van der Waals surface area contributed by atoms with Crippen LogP contribution in [0, 0.1) is 19.7 Å². The van der Waals surface area contributed by atoms with Crippen molar-refractivity contribution in [3.8, 4) is 11.5 Å². The lowest BCUT2D eigenvalue weighted by molar-refractivity contribution is -0.111. The molecule has 3 rings (SSSR count). The number of ether oxygens (including phenoxy) is 2. The van der Waals surface area contributed by atoms with Crippen LogP contribution in [0.25, 0.3) is 6.08 Å². The van der Waals surface area contributed by atoms with Crippen molar-refractivity contribution in [1.82, 2.24) is 5.16 Å². The number of hydrogen-bond acceptors (Lipinski definition) is 5. The summed E-state index contributed by atoms with van der Waals surface area (Å²) in [4.78, 5) is 12.1. The molecule has 1 amide bonds. The zero-order valence-electron chi connectivity index (χ0n) is 16.7. The SMILES string of the molecule is COc1cc(/C=C/C(=O)Nc2ccc(F)cc2Cl)ccc1OCc1c(C)noc1C. The summed E-state index contributed by atoms with van der Waals surface area (Å²) < 4.78 is 29.5. The van der Waals surface area contributed by atoms with Crippen LogP contribution in [0.5, 0.6) is 11.5 Å². The van der Waals surface area contributed by atoms with Gasteiger partial charge < -0.3 is 19.3 Å². The highest BCUT2D eigenvalue weighted by Gasteiger charge is 2.12. The van der Waals surface area contributed by atoms with Crippen molar-refractivity contribution in [1.29, 1.82) is 0 Å². The predicted molar refractivity (Wildman–Crippen MR) is 112 cm³/mol. The highest BCUT2D eigenvalue weighted by molar-refractivity contribution is 6.33. The molecule has 0 aliphatic rings. The first-order valence-corrected chi connectivity index (χ1v) is 9.42. The molecule has 0 bridgehead atoms. The predicted octanol–water partition coefficient (Wildman–Crippen LogP) is 5.32. The summed E-state index contributed by atoms with van der Waals surface area (Å²) in [5.41, 5.74) is 2.72. The van der Waals surface area contributed by atoms with E-state index in [-0.39, 0.29) is 5.02 Å². The Morgan fingerprint density at radius 2 is 2.03 bits per heavy atom. The van der Waals surface area contributed by atoms with E-state index in [0.717, 1.165) is 22.9 Å². The van der Waals surface area contributed by atoms with Gasteiger partial charge in [-0.3, -0.25) is 4.79 Å². The molecule has 0 saturated heterocycles. The summed E-state index contributed by atoms with van der Waals surface area (Å²) in [6.45, 7) is 3.98. The number of nitrogens with one attached hydrogen (secondary N) is 1. The summed E-state index contributed by atoms with van der Waals surface area (Å²) in [7, 11) is 1.54. The van der Waals surface area contributed by atoms with E-state index in [1.807, 2.05) is 13.8 Å². The summed E-state index contributed by atoms with van der Waals surface area (Å²) in [5.74, 6) is 0.903. The minimum Gasteiger partial charge on any atom is -0.493 e. The van der Waals surface area contributed by atoms with E-state index in [0.29, 0.717) is 29.6 Å². The maximum Gasteiger partial charge on any atom is 0.248 e. The number of hydrogen-bond donors (Lipinski definition) is 1. The third-order valence-corrected chi connectivity index (χ3v) is 4.67. The number of carbonyl (C=O) groups is 1. The van der Waals surface area contributed by atoms with Crippen LogP contribution in [0.2, 0.25) is 5.02 Å². The van der Waals surface area contributed by atoms with Crippen molar-refractivity contribution < 1.29 is 23.2 Å². The maximum absolute atomic E-state index is 13.1. The number of amides is 1. The number of methoxy groups -OCH3 is 1. The molecule has 156 valence electrons. The molecule has 0 aliphatic carbocycles. The van der Waals surface area contributed by atoms with Gasteiger partial charge in [0.05, 0.1) is 29.1 Å². The summed E-state index contributed by atoms with van der Waals surface area (Å²) in [6, 6.07) is 9.05. The molecule has 30 heavy (non-hydrogen) atoms. The molecule has 1 N–H and O–H groups in total. The lowest BCUT2D eigenvalue weighted by atomic mass is 10.1.